The molecule has 3 heteroatoms. The molecule has 1 aromatic rings. The van der Waals surface area contributed by atoms with Crippen LogP contribution in [0.4, 0.5) is 0 Å². The molecule has 0 amide bonds. The predicted octanol–water partition coefficient (Wildman–Crippen LogP) is 4.60. The Morgan fingerprint density at radius 2 is 1.85 bits per heavy atom. The third-order valence-electron chi connectivity index (χ3n) is 3.33. The maximum absolute atomic E-state index is 5.45. The van der Waals surface area contributed by atoms with Gasteiger partial charge in [0.05, 0.1) is 0 Å². The first-order chi connectivity index (χ1) is 9.63. The second-order valence-corrected chi connectivity index (χ2v) is 6.56. The van der Waals surface area contributed by atoms with Crippen molar-refractivity contribution in [1.29, 1.82) is 0 Å². The van der Waals surface area contributed by atoms with E-state index >= 15 is 0 Å². The van der Waals surface area contributed by atoms with Crippen LogP contribution >= 0.6 is 15.9 Å². The van der Waals surface area contributed by atoms with Crippen LogP contribution in [0.2, 0.25) is 0 Å². The van der Waals surface area contributed by atoms with E-state index in [1.807, 2.05) is 0 Å². The molecule has 0 aliphatic carbocycles. The molecule has 0 fully saturated rings. The molecule has 1 atom stereocenters. The lowest BCUT2D eigenvalue weighted by Gasteiger charge is -2.19. The van der Waals surface area contributed by atoms with E-state index in [1.54, 1.807) is 0 Å². The summed E-state index contributed by atoms with van der Waals surface area (Å²) in [5.74, 6) is 1.27. The average molecular weight is 342 g/mol. The molecule has 2 nitrogen and oxygen atoms in total. The van der Waals surface area contributed by atoms with E-state index in [1.165, 1.54) is 12.0 Å². The highest BCUT2D eigenvalue weighted by atomic mass is 79.9. The molecule has 0 radical (unpaired) electrons. The van der Waals surface area contributed by atoms with Crippen molar-refractivity contribution in [2.45, 2.75) is 39.5 Å². The lowest BCUT2D eigenvalue weighted by atomic mass is 9.94. The van der Waals surface area contributed by atoms with Gasteiger partial charge in [0.2, 0.25) is 0 Å². The van der Waals surface area contributed by atoms with Gasteiger partial charge in [0.25, 0.3) is 0 Å². The highest BCUT2D eigenvalue weighted by molar-refractivity contribution is 9.10. The minimum atomic E-state index is 0.572. The molecule has 0 bridgehead atoms. The molecule has 0 aliphatic heterocycles. The van der Waals surface area contributed by atoms with Gasteiger partial charge in [0, 0.05) is 24.2 Å². The van der Waals surface area contributed by atoms with Gasteiger partial charge in [-0.3, -0.25) is 0 Å². The van der Waals surface area contributed by atoms with Gasteiger partial charge in [-0.05, 0) is 55.8 Å². The monoisotopic (exact) mass is 341 g/mol. The summed E-state index contributed by atoms with van der Waals surface area (Å²) in [4.78, 5) is 0. The third kappa shape index (κ3) is 7.41. The van der Waals surface area contributed by atoms with Crippen LogP contribution in [0.25, 0.3) is 0 Å². The maximum atomic E-state index is 5.45. The number of halogens is 1. The molecule has 0 aromatic heterocycles. The molecule has 0 heterocycles. The van der Waals surface area contributed by atoms with Crippen LogP contribution in [-0.4, -0.2) is 26.3 Å². The van der Waals surface area contributed by atoms with E-state index in [4.69, 9.17) is 4.74 Å². The molecule has 0 spiro atoms. The van der Waals surface area contributed by atoms with Crippen molar-refractivity contribution in [2.24, 2.45) is 5.92 Å². The zero-order valence-corrected chi connectivity index (χ0v) is 14.6. The van der Waals surface area contributed by atoms with E-state index in [2.05, 4.69) is 66.3 Å². The zero-order chi connectivity index (χ0) is 14.8. The lowest BCUT2D eigenvalue weighted by Crippen LogP contribution is -2.25. The van der Waals surface area contributed by atoms with Crippen LogP contribution in [-0.2, 0) is 4.74 Å². The number of hydrogen-bond donors (Lipinski definition) is 1. The summed E-state index contributed by atoms with van der Waals surface area (Å²) in [6.45, 7) is 10.4. The Morgan fingerprint density at radius 1 is 1.15 bits per heavy atom. The molecule has 114 valence electrons. The van der Waals surface area contributed by atoms with E-state index in [0.29, 0.717) is 11.8 Å². The summed E-state index contributed by atoms with van der Waals surface area (Å²) < 4.78 is 6.60. The summed E-state index contributed by atoms with van der Waals surface area (Å²) in [6.07, 6.45) is 2.30. The van der Waals surface area contributed by atoms with Gasteiger partial charge >= 0.3 is 0 Å². The predicted molar refractivity (Wildman–Crippen MR) is 90.3 cm³/mol. The Kier molecular flexibility index (Phi) is 9.16. The van der Waals surface area contributed by atoms with E-state index in [-0.39, 0.29) is 0 Å². The fourth-order valence-corrected chi connectivity index (χ4v) is 2.51. The van der Waals surface area contributed by atoms with Gasteiger partial charge in [-0.15, -0.1) is 0 Å². The van der Waals surface area contributed by atoms with Crippen LogP contribution in [0.5, 0.6) is 0 Å². The fraction of sp³-hybridized carbons (Fsp3) is 0.647. The summed E-state index contributed by atoms with van der Waals surface area (Å²) >= 11 is 3.50. The zero-order valence-electron chi connectivity index (χ0n) is 13.0. The highest BCUT2D eigenvalue weighted by Gasteiger charge is 2.11. The van der Waals surface area contributed by atoms with E-state index in [9.17, 15) is 0 Å². The summed E-state index contributed by atoms with van der Waals surface area (Å²) in [5, 5.41) is 3.59. The van der Waals surface area contributed by atoms with Crippen LogP contribution in [0.1, 0.15) is 45.1 Å². The molecular formula is C17H28BrNO. The van der Waals surface area contributed by atoms with Crippen molar-refractivity contribution >= 4 is 15.9 Å². The van der Waals surface area contributed by atoms with Gasteiger partial charge in [-0.2, -0.15) is 0 Å². The molecule has 0 saturated heterocycles. The van der Waals surface area contributed by atoms with Gasteiger partial charge in [0.15, 0.2) is 0 Å². The molecule has 1 unspecified atom stereocenters. The Morgan fingerprint density at radius 3 is 2.45 bits per heavy atom. The van der Waals surface area contributed by atoms with Crippen LogP contribution in [0.15, 0.2) is 28.7 Å². The molecular weight excluding hydrogens is 314 g/mol. The SMILES string of the molecule is CCOCCCC(CNCC(C)C)c1ccc(Br)cc1. The van der Waals surface area contributed by atoms with Gasteiger partial charge < -0.3 is 10.1 Å². The average Bonchev–Trinajstić information content (AvgIpc) is 2.42. The molecule has 1 rings (SSSR count). The third-order valence-corrected chi connectivity index (χ3v) is 3.86. The van der Waals surface area contributed by atoms with E-state index < -0.39 is 0 Å². The number of nitrogens with one attached hydrogen (secondary N) is 1. The summed E-state index contributed by atoms with van der Waals surface area (Å²) in [5.41, 5.74) is 1.42. The molecule has 0 saturated carbocycles. The highest BCUT2D eigenvalue weighted by Crippen LogP contribution is 2.22. The molecule has 0 aliphatic rings. The summed E-state index contributed by atoms with van der Waals surface area (Å²) in [6, 6.07) is 8.72. The van der Waals surface area contributed by atoms with Crippen molar-refractivity contribution in [3.05, 3.63) is 34.3 Å². The Balaban J connectivity index is 2.51. The normalized spacial score (nSPS) is 12.8. The Bertz CT molecular complexity index is 351. The number of rotatable bonds is 10. The number of hydrogen-bond acceptors (Lipinski definition) is 2. The number of ether oxygens (including phenoxy) is 1. The van der Waals surface area contributed by atoms with Crippen molar-refractivity contribution in [2.75, 3.05) is 26.3 Å². The molecule has 20 heavy (non-hydrogen) atoms. The van der Waals surface area contributed by atoms with Crippen molar-refractivity contribution in [1.82, 2.24) is 5.32 Å². The smallest absolute Gasteiger partial charge is 0.0466 e. The first kappa shape index (κ1) is 17.7. The lowest BCUT2D eigenvalue weighted by molar-refractivity contribution is 0.141. The first-order valence-electron chi connectivity index (χ1n) is 7.67. The van der Waals surface area contributed by atoms with Crippen LogP contribution in [0, 0.1) is 5.92 Å². The van der Waals surface area contributed by atoms with Crippen LogP contribution in [0.3, 0.4) is 0 Å². The summed E-state index contributed by atoms with van der Waals surface area (Å²) in [7, 11) is 0. The first-order valence-corrected chi connectivity index (χ1v) is 8.46. The van der Waals surface area contributed by atoms with Gasteiger partial charge in [-0.1, -0.05) is 41.9 Å². The minimum absolute atomic E-state index is 0.572. The van der Waals surface area contributed by atoms with Crippen molar-refractivity contribution in [3.8, 4) is 0 Å². The molecule has 1 aromatic carbocycles. The van der Waals surface area contributed by atoms with Crippen molar-refractivity contribution < 1.29 is 4.74 Å². The maximum Gasteiger partial charge on any atom is 0.0466 e. The number of benzene rings is 1. The van der Waals surface area contributed by atoms with Gasteiger partial charge in [-0.25, -0.2) is 0 Å². The topological polar surface area (TPSA) is 21.3 Å². The quantitative estimate of drug-likeness (QED) is 0.628. The molecule has 1 N–H and O–H groups in total. The van der Waals surface area contributed by atoms with E-state index in [0.717, 1.165) is 37.2 Å². The second kappa shape index (κ2) is 10.4. The largest absolute Gasteiger partial charge is 0.382 e. The fourth-order valence-electron chi connectivity index (χ4n) is 2.24. The van der Waals surface area contributed by atoms with Crippen molar-refractivity contribution in [3.63, 3.8) is 0 Å². The minimum Gasteiger partial charge on any atom is -0.382 e. The van der Waals surface area contributed by atoms with Gasteiger partial charge in [0.1, 0.15) is 0 Å². The second-order valence-electron chi connectivity index (χ2n) is 5.64. The Labute approximate surface area is 132 Å². The standard InChI is InChI=1S/C17H28BrNO/c1-4-20-11-5-6-16(13-19-12-14(2)3)15-7-9-17(18)10-8-15/h7-10,14,16,19H,4-6,11-13H2,1-3H3. The van der Waals surface area contributed by atoms with Crippen LogP contribution < -0.4 is 5.32 Å². The Hall–Kier alpha value is -0.380.